The molecular weight excluding hydrogens is 270 g/mol. The second kappa shape index (κ2) is 5.15. The first-order valence-electron chi connectivity index (χ1n) is 6.91. The predicted molar refractivity (Wildman–Crippen MR) is 79.1 cm³/mol. The number of amides is 1. The minimum atomic E-state index is -1.06. The van der Waals surface area contributed by atoms with E-state index < -0.39 is 17.0 Å². The van der Waals surface area contributed by atoms with Crippen molar-refractivity contribution in [3.63, 3.8) is 0 Å². The number of rotatable bonds is 4. The molecule has 0 aromatic heterocycles. The fourth-order valence-electron chi connectivity index (χ4n) is 3.04. The molecule has 1 aliphatic heterocycles. The van der Waals surface area contributed by atoms with Gasteiger partial charge in [0.05, 0.1) is 5.60 Å². The van der Waals surface area contributed by atoms with Crippen molar-refractivity contribution in [2.24, 2.45) is 0 Å². The van der Waals surface area contributed by atoms with Gasteiger partial charge in [0.1, 0.15) is 12.0 Å². The van der Waals surface area contributed by atoms with Gasteiger partial charge in [0.25, 0.3) is 0 Å². The maximum absolute atomic E-state index is 12.8. The molecule has 0 saturated heterocycles. The summed E-state index contributed by atoms with van der Waals surface area (Å²) in [5, 5.41) is 10.2. The van der Waals surface area contributed by atoms with E-state index in [2.05, 4.69) is 0 Å². The minimum absolute atomic E-state index is 0.0630. The molecule has 5 nitrogen and oxygen atoms in total. The van der Waals surface area contributed by atoms with Gasteiger partial charge >= 0.3 is 5.97 Å². The summed E-state index contributed by atoms with van der Waals surface area (Å²) in [5.41, 5.74) is -0.511. The van der Waals surface area contributed by atoms with Crippen LogP contribution >= 0.6 is 0 Å². The number of hydrogen-bond donors (Lipinski definition) is 1. The van der Waals surface area contributed by atoms with Crippen LogP contribution in [0.4, 0.5) is 5.69 Å². The number of hydrogen-bond acceptors (Lipinski definition) is 4. The number of anilines is 1. The molecule has 0 unspecified atom stereocenters. The Bertz CT molecular complexity index is 576. The first-order valence-corrected chi connectivity index (χ1v) is 6.91. The van der Waals surface area contributed by atoms with E-state index in [1.54, 1.807) is 25.8 Å². The highest BCUT2D eigenvalue weighted by atomic mass is 16.5. The van der Waals surface area contributed by atoms with Crippen LogP contribution in [0.3, 0.4) is 0 Å². The van der Waals surface area contributed by atoms with Crippen molar-refractivity contribution in [2.75, 3.05) is 18.6 Å². The molecule has 1 aromatic carbocycles. The predicted octanol–water partition coefficient (Wildman–Crippen LogP) is 1.62. The maximum Gasteiger partial charge on any atom is 0.302 e. The van der Waals surface area contributed by atoms with Gasteiger partial charge in [-0.3, -0.25) is 9.59 Å². The highest BCUT2D eigenvalue weighted by Gasteiger charge is 2.52. The van der Waals surface area contributed by atoms with Gasteiger partial charge in [0.2, 0.25) is 5.91 Å². The van der Waals surface area contributed by atoms with Crippen molar-refractivity contribution in [2.45, 2.75) is 38.2 Å². The number of likely N-dealkylation sites (N-methyl/N-ethyl adjacent to an activating group) is 1. The Morgan fingerprint density at radius 3 is 2.57 bits per heavy atom. The number of carbonyl (C=O) groups is 2. The second-order valence-corrected chi connectivity index (χ2v) is 6.23. The standard InChI is InChI=1S/C16H21NO4/c1-11(18)21-10-16(9-15(2,3)20)12-7-5-6-8-13(12)17(4)14(16)19/h5-8,20H,9-10H2,1-4H3/t16-/m1/s1. The van der Waals surface area contributed by atoms with Crippen molar-refractivity contribution < 1.29 is 19.4 Å². The zero-order valence-corrected chi connectivity index (χ0v) is 12.8. The third-order valence-corrected chi connectivity index (χ3v) is 3.75. The molecule has 0 saturated carbocycles. The molecule has 5 heteroatoms. The lowest BCUT2D eigenvalue weighted by molar-refractivity contribution is -0.146. The van der Waals surface area contributed by atoms with Crippen LogP contribution in [-0.4, -0.2) is 36.2 Å². The summed E-state index contributed by atoms with van der Waals surface area (Å²) in [5.74, 6) is -0.600. The van der Waals surface area contributed by atoms with Gasteiger partial charge in [0.15, 0.2) is 0 Å². The fourth-order valence-corrected chi connectivity index (χ4v) is 3.04. The number of ether oxygens (including phenoxy) is 1. The molecule has 21 heavy (non-hydrogen) atoms. The summed E-state index contributed by atoms with van der Waals surface area (Å²) in [4.78, 5) is 25.6. The molecule has 0 spiro atoms. The third kappa shape index (κ3) is 2.78. The van der Waals surface area contributed by atoms with Gasteiger partial charge in [-0.05, 0) is 31.9 Å². The van der Waals surface area contributed by atoms with Gasteiger partial charge in [-0.15, -0.1) is 0 Å². The molecule has 1 aliphatic rings. The Balaban J connectivity index is 2.53. The SMILES string of the molecule is CC(=O)OC[C@@]1(CC(C)(C)O)C(=O)N(C)c2ccccc21. The molecule has 0 bridgehead atoms. The second-order valence-electron chi connectivity index (χ2n) is 6.23. The lowest BCUT2D eigenvalue weighted by atomic mass is 9.74. The van der Waals surface area contributed by atoms with Gasteiger partial charge < -0.3 is 14.7 Å². The van der Waals surface area contributed by atoms with Gasteiger partial charge in [-0.1, -0.05) is 18.2 Å². The molecule has 1 amide bonds. The molecular formula is C16H21NO4. The number of nitrogens with zero attached hydrogens (tertiary/aromatic N) is 1. The fraction of sp³-hybridized carbons (Fsp3) is 0.500. The van der Waals surface area contributed by atoms with E-state index in [1.165, 1.54) is 6.92 Å². The van der Waals surface area contributed by atoms with Crippen LogP contribution in [0.25, 0.3) is 0 Å². The monoisotopic (exact) mass is 291 g/mol. The Labute approximate surface area is 124 Å². The van der Waals surface area contributed by atoms with E-state index in [4.69, 9.17) is 4.74 Å². The van der Waals surface area contributed by atoms with Crippen LogP contribution < -0.4 is 4.90 Å². The highest BCUT2D eigenvalue weighted by Crippen LogP contribution is 2.45. The van der Waals surface area contributed by atoms with E-state index in [9.17, 15) is 14.7 Å². The van der Waals surface area contributed by atoms with E-state index in [-0.39, 0.29) is 18.9 Å². The number of carbonyl (C=O) groups excluding carboxylic acids is 2. The van der Waals surface area contributed by atoms with Crippen molar-refractivity contribution in [1.29, 1.82) is 0 Å². The smallest absolute Gasteiger partial charge is 0.302 e. The van der Waals surface area contributed by atoms with Gasteiger partial charge in [-0.2, -0.15) is 0 Å². The highest BCUT2D eigenvalue weighted by molar-refractivity contribution is 6.08. The number of esters is 1. The van der Waals surface area contributed by atoms with Crippen LogP contribution in [-0.2, 0) is 19.7 Å². The molecule has 0 aliphatic carbocycles. The quantitative estimate of drug-likeness (QED) is 0.856. The minimum Gasteiger partial charge on any atom is -0.464 e. The first-order chi connectivity index (χ1) is 9.67. The molecule has 0 radical (unpaired) electrons. The molecule has 114 valence electrons. The summed E-state index contributed by atoms with van der Waals surface area (Å²) >= 11 is 0. The molecule has 1 N–H and O–H groups in total. The molecule has 1 atom stereocenters. The third-order valence-electron chi connectivity index (χ3n) is 3.75. The van der Waals surface area contributed by atoms with Crippen molar-refractivity contribution in [1.82, 2.24) is 0 Å². The summed E-state index contributed by atoms with van der Waals surface area (Å²) in [6.07, 6.45) is 0.188. The summed E-state index contributed by atoms with van der Waals surface area (Å²) < 4.78 is 5.15. The number of para-hydroxylation sites is 1. The Kier molecular flexibility index (Phi) is 3.80. The van der Waals surface area contributed by atoms with E-state index >= 15 is 0 Å². The van der Waals surface area contributed by atoms with E-state index in [0.29, 0.717) is 0 Å². The number of aliphatic hydroxyl groups is 1. The average molecular weight is 291 g/mol. The lowest BCUT2D eigenvalue weighted by Gasteiger charge is -2.33. The zero-order chi connectivity index (χ0) is 15.8. The Hall–Kier alpha value is -1.88. The van der Waals surface area contributed by atoms with Crippen LogP contribution in [0.2, 0.25) is 0 Å². The number of benzene rings is 1. The van der Waals surface area contributed by atoms with Crippen LogP contribution in [0.5, 0.6) is 0 Å². The van der Waals surface area contributed by atoms with Crippen LogP contribution in [0.1, 0.15) is 32.8 Å². The molecule has 0 fully saturated rings. The van der Waals surface area contributed by atoms with Crippen molar-refractivity contribution in [3.05, 3.63) is 29.8 Å². The van der Waals surface area contributed by atoms with Gasteiger partial charge in [0, 0.05) is 19.7 Å². The number of fused-ring (bicyclic) bond motifs is 1. The Morgan fingerprint density at radius 2 is 2.00 bits per heavy atom. The summed E-state index contributed by atoms with van der Waals surface area (Å²) in [6.45, 7) is 4.55. The van der Waals surface area contributed by atoms with Crippen molar-refractivity contribution >= 4 is 17.6 Å². The van der Waals surface area contributed by atoms with E-state index in [1.807, 2.05) is 24.3 Å². The zero-order valence-electron chi connectivity index (χ0n) is 12.8. The first kappa shape index (κ1) is 15.5. The summed E-state index contributed by atoms with van der Waals surface area (Å²) in [7, 11) is 1.70. The average Bonchev–Trinajstić information content (AvgIpc) is 2.58. The maximum atomic E-state index is 12.8. The molecule has 1 heterocycles. The molecule has 2 rings (SSSR count). The van der Waals surface area contributed by atoms with E-state index in [0.717, 1.165) is 11.3 Å². The molecule has 1 aromatic rings. The lowest BCUT2D eigenvalue weighted by Crippen LogP contribution is -2.47. The topological polar surface area (TPSA) is 66.8 Å². The largest absolute Gasteiger partial charge is 0.464 e. The van der Waals surface area contributed by atoms with Gasteiger partial charge in [-0.25, -0.2) is 0 Å². The summed E-state index contributed by atoms with van der Waals surface area (Å²) in [6, 6.07) is 7.41. The van der Waals surface area contributed by atoms with Crippen molar-refractivity contribution in [3.8, 4) is 0 Å². The van der Waals surface area contributed by atoms with Crippen LogP contribution in [0, 0.1) is 0 Å². The Morgan fingerprint density at radius 1 is 1.38 bits per heavy atom. The normalized spacial score (nSPS) is 21.4. The van der Waals surface area contributed by atoms with Crippen LogP contribution in [0.15, 0.2) is 24.3 Å².